The average molecular weight is 265 g/mol. The molecule has 1 aromatic carbocycles. The highest BCUT2D eigenvalue weighted by Crippen LogP contribution is 2.25. The maximum Gasteiger partial charge on any atom is 0.124 e. The van der Waals surface area contributed by atoms with E-state index in [0.29, 0.717) is 11.4 Å². The molecule has 0 amide bonds. The second kappa shape index (κ2) is 5.46. The second-order valence-corrected chi connectivity index (χ2v) is 4.65. The van der Waals surface area contributed by atoms with Crippen molar-refractivity contribution in [3.63, 3.8) is 0 Å². The van der Waals surface area contributed by atoms with Gasteiger partial charge in [-0.15, -0.1) is 0 Å². The highest BCUT2D eigenvalue weighted by Gasteiger charge is 2.13. The summed E-state index contributed by atoms with van der Waals surface area (Å²) in [6.07, 6.45) is 2.32. The number of rotatable bonds is 3. The molecule has 2 rings (SSSR count). The number of aryl methyl sites for hydroxylation is 1. The molecule has 0 spiro atoms. The van der Waals surface area contributed by atoms with Crippen LogP contribution in [0.2, 0.25) is 5.02 Å². The highest BCUT2D eigenvalue weighted by molar-refractivity contribution is 6.31. The van der Waals surface area contributed by atoms with Gasteiger partial charge in [0.15, 0.2) is 0 Å². The zero-order valence-electron chi connectivity index (χ0n) is 10.0. The van der Waals surface area contributed by atoms with Crippen molar-refractivity contribution >= 4 is 11.6 Å². The lowest BCUT2D eigenvalue weighted by atomic mass is 10.0. The van der Waals surface area contributed by atoms with Crippen LogP contribution >= 0.6 is 11.6 Å². The average Bonchev–Trinajstić information content (AvgIpc) is 2.32. The molecule has 0 bridgehead atoms. The fourth-order valence-corrected chi connectivity index (χ4v) is 2.16. The molecule has 0 fully saturated rings. The van der Waals surface area contributed by atoms with Gasteiger partial charge in [0.25, 0.3) is 0 Å². The standard InChI is InChI=1S/C14H14ClFN2/c1-9-3-2-6-18-14(9)8-13(17)11-5-4-10(16)7-12(11)15/h2-7,13H,8,17H2,1H3. The van der Waals surface area contributed by atoms with E-state index in [9.17, 15) is 4.39 Å². The van der Waals surface area contributed by atoms with Gasteiger partial charge in [0.05, 0.1) is 0 Å². The van der Waals surface area contributed by atoms with Gasteiger partial charge in [-0.05, 0) is 36.2 Å². The predicted molar refractivity (Wildman–Crippen MR) is 71.0 cm³/mol. The van der Waals surface area contributed by atoms with E-state index >= 15 is 0 Å². The largest absolute Gasteiger partial charge is 0.324 e. The molecule has 2 N–H and O–H groups in total. The molecule has 18 heavy (non-hydrogen) atoms. The summed E-state index contributed by atoms with van der Waals surface area (Å²) in [7, 11) is 0. The highest BCUT2D eigenvalue weighted by atomic mass is 35.5. The van der Waals surface area contributed by atoms with Crippen LogP contribution in [0.5, 0.6) is 0 Å². The van der Waals surface area contributed by atoms with Crippen LogP contribution in [0.4, 0.5) is 4.39 Å². The Kier molecular flexibility index (Phi) is 3.94. The monoisotopic (exact) mass is 264 g/mol. The molecule has 0 aliphatic carbocycles. The van der Waals surface area contributed by atoms with E-state index in [4.69, 9.17) is 17.3 Å². The molecule has 4 heteroatoms. The van der Waals surface area contributed by atoms with Gasteiger partial charge in [0.1, 0.15) is 5.82 Å². The first-order valence-corrected chi connectivity index (χ1v) is 6.06. The van der Waals surface area contributed by atoms with E-state index in [1.165, 1.54) is 12.1 Å². The number of nitrogens with zero attached hydrogens (tertiary/aromatic N) is 1. The van der Waals surface area contributed by atoms with Crippen LogP contribution in [-0.2, 0) is 6.42 Å². The van der Waals surface area contributed by atoms with Crippen molar-refractivity contribution in [3.8, 4) is 0 Å². The lowest BCUT2D eigenvalue weighted by Crippen LogP contribution is -2.15. The van der Waals surface area contributed by atoms with Crippen LogP contribution in [0.25, 0.3) is 0 Å². The van der Waals surface area contributed by atoms with Gasteiger partial charge in [0, 0.05) is 29.4 Å². The van der Waals surface area contributed by atoms with Gasteiger partial charge >= 0.3 is 0 Å². The molecular weight excluding hydrogens is 251 g/mol. The fourth-order valence-electron chi connectivity index (χ4n) is 1.85. The van der Waals surface area contributed by atoms with Gasteiger partial charge in [-0.2, -0.15) is 0 Å². The Balaban J connectivity index is 2.22. The number of hydrogen-bond donors (Lipinski definition) is 1. The van der Waals surface area contributed by atoms with Crippen molar-refractivity contribution in [1.29, 1.82) is 0 Å². The normalized spacial score (nSPS) is 12.4. The van der Waals surface area contributed by atoms with Gasteiger partial charge in [-0.25, -0.2) is 4.39 Å². The molecule has 1 unspecified atom stereocenters. The lowest BCUT2D eigenvalue weighted by Gasteiger charge is -2.14. The Bertz CT molecular complexity index is 557. The second-order valence-electron chi connectivity index (χ2n) is 4.24. The zero-order chi connectivity index (χ0) is 13.1. The third-order valence-corrected chi connectivity index (χ3v) is 3.22. The maximum atomic E-state index is 13.0. The van der Waals surface area contributed by atoms with Crippen molar-refractivity contribution < 1.29 is 4.39 Å². The Hall–Kier alpha value is -1.45. The Morgan fingerprint density at radius 3 is 2.83 bits per heavy atom. The molecular formula is C14H14ClFN2. The van der Waals surface area contributed by atoms with E-state index in [2.05, 4.69) is 4.98 Å². The summed E-state index contributed by atoms with van der Waals surface area (Å²) >= 11 is 5.99. The fraction of sp³-hybridized carbons (Fsp3) is 0.214. The van der Waals surface area contributed by atoms with Crippen LogP contribution in [0.1, 0.15) is 22.9 Å². The summed E-state index contributed by atoms with van der Waals surface area (Å²) in [6.45, 7) is 1.99. The third kappa shape index (κ3) is 2.86. The van der Waals surface area contributed by atoms with Crippen molar-refractivity contribution in [1.82, 2.24) is 4.98 Å². The van der Waals surface area contributed by atoms with Gasteiger partial charge in [-0.1, -0.05) is 23.7 Å². The Morgan fingerprint density at radius 2 is 2.17 bits per heavy atom. The van der Waals surface area contributed by atoms with Crippen LogP contribution in [0.15, 0.2) is 36.5 Å². The van der Waals surface area contributed by atoms with Crippen LogP contribution in [-0.4, -0.2) is 4.98 Å². The Morgan fingerprint density at radius 1 is 1.39 bits per heavy atom. The molecule has 0 saturated carbocycles. The van der Waals surface area contributed by atoms with Crippen molar-refractivity contribution in [2.75, 3.05) is 0 Å². The third-order valence-electron chi connectivity index (χ3n) is 2.89. The number of benzene rings is 1. The molecule has 0 radical (unpaired) electrons. The minimum absolute atomic E-state index is 0.285. The van der Waals surface area contributed by atoms with Crippen LogP contribution < -0.4 is 5.73 Å². The van der Waals surface area contributed by atoms with E-state index < -0.39 is 0 Å². The van der Waals surface area contributed by atoms with Crippen molar-refractivity contribution in [2.24, 2.45) is 5.73 Å². The summed E-state index contributed by atoms with van der Waals surface area (Å²) in [5, 5.41) is 0.357. The number of aromatic nitrogens is 1. The van der Waals surface area contributed by atoms with Crippen LogP contribution in [0.3, 0.4) is 0 Å². The number of nitrogens with two attached hydrogens (primary N) is 1. The van der Waals surface area contributed by atoms with E-state index in [0.717, 1.165) is 16.8 Å². The summed E-state index contributed by atoms with van der Waals surface area (Å²) in [5.74, 6) is -0.357. The lowest BCUT2D eigenvalue weighted by molar-refractivity contribution is 0.624. The van der Waals surface area contributed by atoms with Gasteiger partial charge in [0.2, 0.25) is 0 Å². The molecule has 2 aromatic rings. The predicted octanol–water partition coefficient (Wildman–Crippen LogP) is 3.43. The zero-order valence-corrected chi connectivity index (χ0v) is 10.8. The molecule has 0 aliphatic heterocycles. The van der Waals surface area contributed by atoms with Crippen molar-refractivity contribution in [2.45, 2.75) is 19.4 Å². The molecule has 1 atom stereocenters. The quantitative estimate of drug-likeness (QED) is 0.923. The topological polar surface area (TPSA) is 38.9 Å². The summed E-state index contributed by atoms with van der Waals surface area (Å²) in [4.78, 5) is 4.29. The van der Waals surface area contributed by atoms with Crippen molar-refractivity contribution in [3.05, 3.63) is 64.2 Å². The first kappa shape index (κ1) is 13.0. The minimum atomic E-state index is -0.357. The maximum absolute atomic E-state index is 13.0. The smallest absolute Gasteiger partial charge is 0.124 e. The number of halogens is 2. The van der Waals surface area contributed by atoms with E-state index in [1.54, 1.807) is 12.3 Å². The molecule has 1 heterocycles. The molecule has 0 saturated heterocycles. The minimum Gasteiger partial charge on any atom is -0.324 e. The molecule has 2 nitrogen and oxygen atoms in total. The summed E-state index contributed by atoms with van der Waals surface area (Å²) in [5.41, 5.74) is 8.86. The molecule has 94 valence electrons. The first-order valence-electron chi connectivity index (χ1n) is 5.69. The van der Waals surface area contributed by atoms with Crippen LogP contribution in [0, 0.1) is 12.7 Å². The molecule has 0 aliphatic rings. The van der Waals surface area contributed by atoms with E-state index in [-0.39, 0.29) is 11.9 Å². The number of hydrogen-bond acceptors (Lipinski definition) is 2. The van der Waals surface area contributed by atoms with Gasteiger partial charge in [-0.3, -0.25) is 4.98 Å². The molecule has 1 aromatic heterocycles. The first-order chi connectivity index (χ1) is 8.58. The number of pyridine rings is 1. The Labute approximate surface area is 111 Å². The SMILES string of the molecule is Cc1cccnc1CC(N)c1ccc(F)cc1Cl. The summed E-state index contributed by atoms with van der Waals surface area (Å²) in [6, 6.07) is 7.86. The van der Waals surface area contributed by atoms with Gasteiger partial charge < -0.3 is 5.73 Å². The van der Waals surface area contributed by atoms with E-state index in [1.807, 2.05) is 19.1 Å². The summed E-state index contributed by atoms with van der Waals surface area (Å²) < 4.78 is 13.0.